The van der Waals surface area contributed by atoms with Crippen LogP contribution < -0.4 is 19.2 Å². The molecule has 1 fully saturated rings. The van der Waals surface area contributed by atoms with Gasteiger partial charge >= 0.3 is 23.9 Å². The summed E-state index contributed by atoms with van der Waals surface area (Å²) in [6.07, 6.45) is 10.5. The van der Waals surface area contributed by atoms with Crippen molar-refractivity contribution in [3.05, 3.63) is 212 Å². The molecular formula is C65H74O12. The average Bonchev–Trinajstić information content (AvgIpc) is 3.44. The zero-order valence-corrected chi connectivity index (χ0v) is 46.0. The number of methoxy groups -OCH3 is 2. The summed E-state index contributed by atoms with van der Waals surface area (Å²) in [5.41, 5.74) is 7.33. The van der Waals surface area contributed by atoms with E-state index in [2.05, 4.69) is 52.2 Å². The number of esters is 4. The van der Waals surface area contributed by atoms with Crippen molar-refractivity contribution in [1.82, 2.24) is 0 Å². The maximum Gasteiger partial charge on any atom is 0.335 e. The van der Waals surface area contributed by atoms with E-state index in [1.54, 1.807) is 61.5 Å². The first-order valence-corrected chi connectivity index (χ1v) is 25.4. The predicted octanol–water partition coefficient (Wildman–Crippen LogP) is 15.0. The summed E-state index contributed by atoms with van der Waals surface area (Å²) in [6, 6.07) is 45.3. The van der Waals surface area contributed by atoms with Gasteiger partial charge < -0.3 is 28.7 Å². The van der Waals surface area contributed by atoms with Crippen LogP contribution in [0.15, 0.2) is 190 Å². The fourth-order valence-electron chi connectivity index (χ4n) is 7.30. The molecule has 6 aromatic rings. The molecule has 406 valence electrons. The molecule has 0 heterocycles. The van der Waals surface area contributed by atoms with Crippen LogP contribution in [0.1, 0.15) is 82.1 Å². The van der Waals surface area contributed by atoms with Gasteiger partial charge in [0.15, 0.2) is 11.5 Å². The minimum atomic E-state index is -0.967. The Bertz CT molecular complexity index is 2760. The van der Waals surface area contributed by atoms with Crippen molar-refractivity contribution < 1.29 is 57.7 Å². The Morgan fingerprint density at radius 1 is 0.532 bits per heavy atom. The van der Waals surface area contributed by atoms with Crippen molar-refractivity contribution in [2.24, 2.45) is 11.3 Å². The van der Waals surface area contributed by atoms with E-state index in [1.165, 1.54) is 38.7 Å². The minimum absolute atomic E-state index is 0.0907. The van der Waals surface area contributed by atoms with Crippen LogP contribution in [0.2, 0.25) is 0 Å². The Morgan fingerprint density at radius 2 is 0.922 bits per heavy atom. The Labute approximate surface area is 455 Å². The maximum absolute atomic E-state index is 13.2. The molecule has 77 heavy (non-hydrogen) atoms. The largest absolute Gasteiger partial charge is 0.469 e. The van der Waals surface area contributed by atoms with Gasteiger partial charge in [-0.3, -0.25) is 9.59 Å². The quantitative estimate of drug-likeness (QED) is 0.0154. The first-order valence-electron chi connectivity index (χ1n) is 25.4. The highest BCUT2D eigenvalue weighted by Crippen LogP contribution is 2.57. The second kappa shape index (κ2) is 34.3. The zero-order valence-electron chi connectivity index (χ0n) is 46.0. The molecule has 7 rings (SSSR count). The van der Waals surface area contributed by atoms with Gasteiger partial charge in [0.2, 0.25) is 0 Å². The summed E-state index contributed by atoms with van der Waals surface area (Å²) < 4.78 is 20.3. The van der Waals surface area contributed by atoms with Gasteiger partial charge in [-0.05, 0) is 121 Å². The Hall–Kier alpha value is -8.32. The van der Waals surface area contributed by atoms with E-state index >= 15 is 0 Å². The number of aryl methyl sites for hydroxylation is 2. The van der Waals surface area contributed by atoms with E-state index in [0.29, 0.717) is 42.6 Å². The highest BCUT2D eigenvalue weighted by Gasteiger charge is 2.61. The minimum Gasteiger partial charge on any atom is -0.469 e. The normalized spacial score (nSPS) is 14.7. The lowest BCUT2D eigenvalue weighted by atomic mass is 9.52. The van der Waals surface area contributed by atoms with E-state index in [-0.39, 0.29) is 11.9 Å². The number of carbonyl (C=O) groups excluding carboxylic acids is 4. The van der Waals surface area contributed by atoms with E-state index in [1.807, 2.05) is 123 Å². The lowest BCUT2D eigenvalue weighted by Crippen LogP contribution is -2.55. The molecule has 0 radical (unpaired) electrons. The first kappa shape index (κ1) is 63.0. The highest BCUT2D eigenvalue weighted by molar-refractivity contribution is 5.90. The van der Waals surface area contributed by atoms with E-state index in [0.717, 1.165) is 45.0 Å². The Kier molecular flexibility index (Phi) is 28.0. The van der Waals surface area contributed by atoms with Crippen molar-refractivity contribution in [1.29, 1.82) is 0 Å². The Balaban J connectivity index is 0.000000321. The van der Waals surface area contributed by atoms with Crippen molar-refractivity contribution >= 4 is 30.0 Å². The van der Waals surface area contributed by atoms with Gasteiger partial charge in [-0.15, -0.1) is 13.2 Å². The molecule has 0 aromatic heterocycles. The van der Waals surface area contributed by atoms with E-state index in [9.17, 15) is 19.2 Å². The van der Waals surface area contributed by atoms with Gasteiger partial charge in [0.05, 0.1) is 25.6 Å². The van der Waals surface area contributed by atoms with Crippen LogP contribution in [0.3, 0.4) is 0 Å². The molecular weight excluding hydrogens is 973 g/mol. The predicted molar refractivity (Wildman–Crippen MR) is 305 cm³/mol. The molecule has 3 atom stereocenters. The van der Waals surface area contributed by atoms with Crippen LogP contribution in [0.5, 0.6) is 23.0 Å². The van der Waals surface area contributed by atoms with Crippen molar-refractivity contribution in [3.63, 3.8) is 0 Å². The number of benzene rings is 6. The molecule has 0 saturated heterocycles. The summed E-state index contributed by atoms with van der Waals surface area (Å²) >= 11 is 0. The molecule has 3 unspecified atom stereocenters. The molecule has 0 amide bonds. The van der Waals surface area contributed by atoms with Crippen molar-refractivity contribution in [3.8, 4) is 45.3 Å². The molecule has 0 aliphatic heterocycles. The number of ether oxygens (including phenoxy) is 4. The van der Waals surface area contributed by atoms with Gasteiger partial charge in [0.25, 0.3) is 0 Å². The number of carbonyl (C=O) groups is 4. The van der Waals surface area contributed by atoms with Crippen LogP contribution in [-0.4, -0.2) is 51.3 Å². The van der Waals surface area contributed by atoms with Crippen molar-refractivity contribution in [2.75, 3.05) is 27.4 Å². The van der Waals surface area contributed by atoms with Crippen LogP contribution in [0, 0.1) is 25.2 Å². The molecule has 12 heteroatoms. The smallest absolute Gasteiger partial charge is 0.335 e. The third-order valence-corrected chi connectivity index (χ3v) is 11.2. The third-order valence-electron chi connectivity index (χ3n) is 11.2. The summed E-state index contributed by atoms with van der Waals surface area (Å²) in [6.45, 7) is 25.4. The molecule has 1 aliphatic rings. The lowest BCUT2D eigenvalue weighted by molar-refractivity contribution is -0.195. The second-order valence-corrected chi connectivity index (χ2v) is 17.7. The van der Waals surface area contributed by atoms with Crippen molar-refractivity contribution in [2.45, 2.75) is 73.6 Å². The molecule has 6 aromatic carbocycles. The van der Waals surface area contributed by atoms with Gasteiger partial charge in [-0.1, -0.05) is 167 Å². The highest BCUT2D eigenvalue weighted by atomic mass is 17.2. The molecule has 0 bridgehead atoms. The van der Waals surface area contributed by atoms with Crippen LogP contribution >= 0.6 is 0 Å². The fourth-order valence-corrected chi connectivity index (χ4v) is 7.30. The summed E-state index contributed by atoms with van der Waals surface area (Å²) in [5.74, 6) is -0.240. The molecule has 0 N–H and O–H groups in total. The van der Waals surface area contributed by atoms with Crippen LogP contribution in [0.25, 0.3) is 28.3 Å². The third kappa shape index (κ3) is 21.1. The van der Waals surface area contributed by atoms with E-state index < -0.39 is 29.2 Å². The van der Waals surface area contributed by atoms with Gasteiger partial charge in [0.1, 0.15) is 24.7 Å². The Morgan fingerprint density at radius 3 is 1.30 bits per heavy atom. The SMILES string of the molecule is C=CCOOc1ccc(-c2ccc(OC(=O)C3(C)CC(c4ccc(C)cc4)C3C(=O)OC)cc2)cc1.C=CCOOc1ccc(-c2ccc(OC(=O)C=C)cc2)cc1.CCC.CCC.COC(=O)/C=C/c1ccc(C)cc1. The molecule has 1 aliphatic carbocycles. The summed E-state index contributed by atoms with van der Waals surface area (Å²) in [4.78, 5) is 67.9. The lowest BCUT2D eigenvalue weighted by Gasteiger charge is -2.49. The van der Waals surface area contributed by atoms with E-state index in [4.69, 9.17) is 33.8 Å². The topological polar surface area (TPSA) is 142 Å². The monoisotopic (exact) mass is 1050 g/mol. The van der Waals surface area contributed by atoms with Crippen LogP contribution in [0.4, 0.5) is 0 Å². The van der Waals surface area contributed by atoms with Gasteiger partial charge in [0, 0.05) is 12.2 Å². The standard InChI is InChI=1S/C30H30O6.C18H16O4.C11H12O2.2C3H8/c1-5-18-34-36-25-16-12-22(13-17-25)21-10-14-24(15-11-21)35-29(32)30(3)19-26(27(30)28(31)33-4)23-8-6-20(2)7-9-23;1-3-13-20-22-17-11-7-15(8-12-17)14-5-9-16(10-6-14)21-18(19)4-2;1-9-3-5-10(6-4-9)7-8-11(12)13-2;2*1-3-2/h5-17,26-27H,1,18-19H2,2-4H3;3-12H,1-2,13H2;3-8H,1-2H3;2*3H2,1-2H3/b;;8-7+;;. The van der Waals surface area contributed by atoms with Crippen LogP contribution in [-0.2, 0) is 38.4 Å². The number of rotatable bonds is 18. The maximum atomic E-state index is 13.2. The second-order valence-electron chi connectivity index (χ2n) is 17.7. The summed E-state index contributed by atoms with van der Waals surface area (Å²) in [5, 5.41) is 0. The number of hydrogen-bond donors (Lipinski definition) is 0. The average molecular weight is 1050 g/mol. The fraction of sp³-hybridized carbons (Fsp3) is 0.262. The molecule has 12 nitrogen and oxygen atoms in total. The first-order chi connectivity index (χ1) is 37.1. The molecule has 1 saturated carbocycles. The molecule has 0 spiro atoms. The van der Waals surface area contributed by atoms with Gasteiger partial charge in [-0.2, -0.15) is 9.78 Å². The number of hydrogen-bond acceptors (Lipinski definition) is 12. The van der Waals surface area contributed by atoms with Gasteiger partial charge in [-0.25, -0.2) is 9.59 Å². The summed E-state index contributed by atoms with van der Waals surface area (Å²) in [7, 11) is 2.71. The zero-order chi connectivity index (χ0) is 56.6.